The summed E-state index contributed by atoms with van der Waals surface area (Å²) in [5, 5.41) is 8.41. The van der Waals surface area contributed by atoms with Gasteiger partial charge in [0.15, 0.2) is 5.82 Å². The fraction of sp³-hybridized carbons (Fsp3) is 0. The van der Waals surface area contributed by atoms with Gasteiger partial charge in [0.05, 0.1) is 6.20 Å². The van der Waals surface area contributed by atoms with E-state index in [9.17, 15) is 0 Å². The average molecular weight is 312 g/mol. The molecule has 2 aromatic carbocycles. The van der Waals surface area contributed by atoms with Crippen LogP contribution >= 0.6 is 15.9 Å². The Kier molecular flexibility index (Phi) is 3.33. The Bertz CT molecular complexity index is 681. The van der Waals surface area contributed by atoms with Crippen LogP contribution in [0.25, 0.3) is 22.6 Å². The van der Waals surface area contributed by atoms with E-state index in [1.807, 2.05) is 54.6 Å². The highest BCUT2D eigenvalue weighted by atomic mass is 79.9. The predicted octanol–water partition coefficient (Wildman–Crippen LogP) is 3.97. The maximum Gasteiger partial charge on any atom is 0.181 e. The van der Waals surface area contributed by atoms with Gasteiger partial charge >= 0.3 is 0 Å². The molecule has 19 heavy (non-hydrogen) atoms. The molecule has 0 aliphatic rings. The second kappa shape index (κ2) is 5.28. The molecule has 4 heteroatoms. The molecule has 0 amide bonds. The summed E-state index contributed by atoms with van der Waals surface area (Å²) >= 11 is 3.44. The van der Waals surface area contributed by atoms with Crippen LogP contribution in [0.5, 0.6) is 0 Å². The third-order valence-electron chi connectivity index (χ3n) is 2.71. The van der Waals surface area contributed by atoms with Crippen LogP contribution in [0.3, 0.4) is 0 Å². The van der Waals surface area contributed by atoms with E-state index in [0.717, 1.165) is 21.3 Å². The monoisotopic (exact) mass is 311 g/mol. The Morgan fingerprint density at radius 3 is 2.26 bits per heavy atom. The van der Waals surface area contributed by atoms with E-state index in [-0.39, 0.29) is 0 Å². The van der Waals surface area contributed by atoms with Crippen molar-refractivity contribution in [1.29, 1.82) is 0 Å². The molecule has 0 saturated heterocycles. The highest BCUT2D eigenvalue weighted by Crippen LogP contribution is 2.21. The van der Waals surface area contributed by atoms with E-state index in [4.69, 9.17) is 0 Å². The number of halogens is 1. The topological polar surface area (TPSA) is 38.7 Å². The minimum absolute atomic E-state index is 0.638. The van der Waals surface area contributed by atoms with Gasteiger partial charge in [-0.2, -0.15) is 0 Å². The smallest absolute Gasteiger partial charge is 0.181 e. The summed E-state index contributed by atoms with van der Waals surface area (Å²) in [4.78, 5) is 4.37. The largest absolute Gasteiger partial charge is 0.233 e. The van der Waals surface area contributed by atoms with Crippen molar-refractivity contribution in [2.45, 2.75) is 0 Å². The summed E-state index contributed by atoms with van der Waals surface area (Å²) in [5.41, 5.74) is 2.73. The molecule has 0 aliphatic heterocycles. The molecule has 0 N–H and O–H groups in total. The molecule has 3 nitrogen and oxygen atoms in total. The van der Waals surface area contributed by atoms with E-state index in [2.05, 4.69) is 31.1 Å². The van der Waals surface area contributed by atoms with Crippen LogP contribution in [-0.4, -0.2) is 15.2 Å². The van der Waals surface area contributed by atoms with Crippen LogP contribution in [0.15, 0.2) is 65.3 Å². The van der Waals surface area contributed by atoms with Crippen LogP contribution in [0.4, 0.5) is 0 Å². The maximum absolute atomic E-state index is 4.37. The Labute approximate surface area is 119 Å². The van der Waals surface area contributed by atoms with Crippen LogP contribution in [0, 0.1) is 0 Å². The highest BCUT2D eigenvalue weighted by molar-refractivity contribution is 9.10. The number of hydrogen-bond acceptors (Lipinski definition) is 3. The van der Waals surface area contributed by atoms with Crippen molar-refractivity contribution < 1.29 is 0 Å². The lowest BCUT2D eigenvalue weighted by molar-refractivity contribution is 0.987. The quantitative estimate of drug-likeness (QED) is 0.719. The fourth-order valence-electron chi connectivity index (χ4n) is 1.77. The SMILES string of the molecule is Brc1cccc(-c2cnc(-c3ccccc3)nn2)c1. The van der Waals surface area contributed by atoms with Crippen LogP contribution < -0.4 is 0 Å². The minimum Gasteiger partial charge on any atom is -0.233 e. The Morgan fingerprint density at radius 2 is 1.58 bits per heavy atom. The number of benzene rings is 2. The molecule has 0 radical (unpaired) electrons. The minimum atomic E-state index is 0.638. The predicted molar refractivity (Wildman–Crippen MR) is 78.4 cm³/mol. The molecule has 0 aliphatic carbocycles. The van der Waals surface area contributed by atoms with Gasteiger partial charge in [-0.1, -0.05) is 58.4 Å². The molecular formula is C15H10BrN3. The van der Waals surface area contributed by atoms with Crippen LogP contribution in [0.2, 0.25) is 0 Å². The standard InChI is InChI=1S/C15H10BrN3/c16-13-8-4-7-12(9-13)14-10-17-15(19-18-14)11-5-2-1-3-6-11/h1-10H. The van der Waals surface area contributed by atoms with Crippen molar-refractivity contribution >= 4 is 15.9 Å². The van der Waals surface area contributed by atoms with E-state index >= 15 is 0 Å². The molecule has 1 heterocycles. The molecule has 3 aromatic rings. The van der Waals surface area contributed by atoms with Gasteiger partial charge in [0.2, 0.25) is 0 Å². The zero-order valence-corrected chi connectivity index (χ0v) is 11.6. The molecular weight excluding hydrogens is 302 g/mol. The Hall–Kier alpha value is -2.07. The molecule has 1 aromatic heterocycles. The lowest BCUT2D eigenvalue weighted by Gasteiger charge is -2.02. The van der Waals surface area contributed by atoms with Crippen molar-refractivity contribution in [3.05, 3.63) is 65.3 Å². The van der Waals surface area contributed by atoms with Gasteiger partial charge in [-0.15, -0.1) is 10.2 Å². The van der Waals surface area contributed by atoms with E-state index in [1.54, 1.807) is 6.20 Å². The van der Waals surface area contributed by atoms with Gasteiger partial charge < -0.3 is 0 Å². The second-order valence-corrected chi connectivity index (χ2v) is 4.96. The van der Waals surface area contributed by atoms with Crippen LogP contribution in [-0.2, 0) is 0 Å². The van der Waals surface area contributed by atoms with Crippen molar-refractivity contribution in [3.63, 3.8) is 0 Å². The molecule has 0 spiro atoms. The first kappa shape index (κ1) is 12.0. The lowest BCUT2D eigenvalue weighted by Crippen LogP contribution is -1.94. The lowest BCUT2D eigenvalue weighted by atomic mass is 10.2. The molecule has 0 bridgehead atoms. The van der Waals surface area contributed by atoms with Gasteiger partial charge in [-0.3, -0.25) is 0 Å². The first-order valence-corrected chi connectivity index (χ1v) is 6.63. The zero-order chi connectivity index (χ0) is 13.1. The summed E-state index contributed by atoms with van der Waals surface area (Å²) in [7, 11) is 0. The van der Waals surface area contributed by atoms with Gasteiger partial charge in [-0.05, 0) is 12.1 Å². The first-order chi connectivity index (χ1) is 9.33. The van der Waals surface area contributed by atoms with E-state index < -0.39 is 0 Å². The number of nitrogens with zero attached hydrogens (tertiary/aromatic N) is 3. The zero-order valence-electron chi connectivity index (χ0n) is 9.99. The summed E-state index contributed by atoms with van der Waals surface area (Å²) in [6.07, 6.45) is 1.75. The maximum atomic E-state index is 4.37. The third kappa shape index (κ3) is 2.69. The molecule has 0 unspecified atom stereocenters. The molecule has 0 saturated carbocycles. The Balaban J connectivity index is 1.95. The summed E-state index contributed by atoms with van der Waals surface area (Å²) in [6, 6.07) is 17.7. The second-order valence-electron chi connectivity index (χ2n) is 4.04. The van der Waals surface area contributed by atoms with E-state index in [1.165, 1.54) is 0 Å². The molecule has 3 rings (SSSR count). The van der Waals surface area contributed by atoms with Crippen molar-refractivity contribution in [1.82, 2.24) is 15.2 Å². The highest BCUT2D eigenvalue weighted by Gasteiger charge is 2.04. The summed E-state index contributed by atoms with van der Waals surface area (Å²) in [6.45, 7) is 0. The fourth-order valence-corrected chi connectivity index (χ4v) is 2.17. The van der Waals surface area contributed by atoms with Crippen molar-refractivity contribution in [2.75, 3.05) is 0 Å². The van der Waals surface area contributed by atoms with Gasteiger partial charge in [0, 0.05) is 15.6 Å². The molecule has 0 fully saturated rings. The van der Waals surface area contributed by atoms with Crippen molar-refractivity contribution in [3.8, 4) is 22.6 Å². The summed E-state index contributed by atoms with van der Waals surface area (Å²) in [5.74, 6) is 0.638. The van der Waals surface area contributed by atoms with Gasteiger partial charge in [0.1, 0.15) is 5.69 Å². The van der Waals surface area contributed by atoms with Crippen LogP contribution in [0.1, 0.15) is 0 Å². The van der Waals surface area contributed by atoms with Gasteiger partial charge in [-0.25, -0.2) is 4.98 Å². The Morgan fingerprint density at radius 1 is 0.789 bits per heavy atom. The molecule has 92 valence electrons. The van der Waals surface area contributed by atoms with Crippen molar-refractivity contribution in [2.24, 2.45) is 0 Å². The normalized spacial score (nSPS) is 10.4. The molecule has 0 atom stereocenters. The average Bonchev–Trinajstić information content (AvgIpc) is 2.48. The summed E-state index contributed by atoms with van der Waals surface area (Å²) < 4.78 is 1.01. The number of rotatable bonds is 2. The third-order valence-corrected chi connectivity index (χ3v) is 3.21. The number of aromatic nitrogens is 3. The van der Waals surface area contributed by atoms with E-state index in [0.29, 0.717) is 5.82 Å². The number of hydrogen-bond donors (Lipinski definition) is 0. The first-order valence-electron chi connectivity index (χ1n) is 5.84. The van der Waals surface area contributed by atoms with Gasteiger partial charge in [0.25, 0.3) is 0 Å².